The molecule has 2 rings (SSSR count). The van der Waals surface area contributed by atoms with Gasteiger partial charge in [0.2, 0.25) is 0 Å². The van der Waals surface area contributed by atoms with Crippen LogP contribution in [0.2, 0.25) is 10.0 Å². The first-order chi connectivity index (χ1) is 8.56. The lowest BCUT2D eigenvalue weighted by Crippen LogP contribution is -1.97. The first kappa shape index (κ1) is 13.5. The zero-order valence-corrected chi connectivity index (χ0v) is 12.4. The predicted octanol–water partition coefficient (Wildman–Crippen LogP) is 4.92. The summed E-state index contributed by atoms with van der Waals surface area (Å²) in [4.78, 5) is 0. The van der Waals surface area contributed by atoms with E-state index in [1.165, 1.54) is 0 Å². The predicted molar refractivity (Wildman–Crippen MR) is 79.3 cm³/mol. The van der Waals surface area contributed by atoms with Crippen LogP contribution in [0, 0.1) is 0 Å². The Morgan fingerprint density at radius 3 is 2.50 bits per heavy atom. The lowest BCUT2D eigenvalue weighted by Gasteiger charge is -2.10. The Labute approximate surface area is 124 Å². The Bertz CT molecular complexity index is 523. The third-order valence-electron chi connectivity index (χ3n) is 2.35. The van der Waals surface area contributed by atoms with Gasteiger partial charge in [0.05, 0.1) is 5.02 Å². The minimum atomic E-state index is 0.357. The summed E-state index contributed by atoms with van der Waals surface area (Å²) in [6.07, 6.45) is 0. The first-order valence-corrected chi connectivity index (χ1v) is 6.73. The molecule has 0 aromatic heterocycles. The molecule has 0 bridgehead atoms. The van der Waals surface area contributed by atoms with Crippen LogP contribution in [0.1, 0.15) is 5.56 Å². The second kappa shape index (κ2) is 5.83. The summed E-state index contributed by atoms with van der Waals surface area (Å²) in [7, 11) is 0. The van der Waals surface area contributed by atoms with Gasteiger partial charge in [0.15, 0.2) is 0 Å². The molecule has 94 valence electrons. The molecule has 0 radical (unpaired) electrons. The Hall–Kier alpha value is -0.900. The molecule has 0 amide bonds. The summed E-state index contributed by atoms with van der Waals surface area (Å²) in [6.45, 7) is 0.357. The number of anilines is 1. The van der Waals surface area contributed by atoms with Crippen LogP contribution in [0.25, 0.3) is 0 Å². The van der Waals surface area contributed by atoms with E-state index in [1.807, 2.05) is 18.2 Å². The topological polar surface area (TPSA) is 35.2 Å². The molecule has 0 spiro atoms. The summed E-state index contributed by atoms with van der Waals surface area (Å²) in [5, 5.41) is 1.14. The van der Waals surface area contributed by atoms with Gasteiger partial charge < -0.3 is 10.5 Å². The first-order valence-electron chi connectivity index (χ1n) is 5.18. The van der Waals surface area contributed by atoms with Gasteiger partial charge in [-0.2, -0.15) is 0 Å². The smallest absolute Gasteiger partial charge is 0.138 e. The fraction of sp³-hybridized carbons (Fsp3) is 0.0769. The van der Waals surface area contributed by atoms with Crippen LogP contribution in [-0.2, 0) is 6.61 Å². The van der Waals surface area contributed by atoms with Gasteiger partial charge in [-0.25, -0.2) is 0 Å². The van der Waals surface area contributed by atoms with E-state index in [0.717, 1.165) is 10.0 Å². The van der Waals surface area contributed by atoms with Crippen LogP contribution in [0.5, 0.6) is 5.75 Å². The second-order valence-electron chi connectivity index (χ2n) is 3.71. The van der Waals surface area contributed by atoms with Crippen LogP contribution < -0.4 is 10.5 Å². The molecular weight excluding hydrogens is 337 g/mol. The van der Waals surface area contributed by atoms with Crippen molar-refractivity contribution in [1.82, 2.24) is 0 Å². The molecule has 2 nitrogen and oxygen atoms in total. The van der Waals surface area contributed by atoms with Crippen molar-refractivity contribution in [3.8, 4) is 5.75 Å². The zero-order valence-electron chi connectivity index (χ0n) is 9.29. The van der Waals surface area contributed by atoms with Crippen molar-refractivity contribution in [3.63, 3.8) is 0 Å². The Kier molecular flexibility index (Phi) is 4.38. The van der Waals surface area contributed by atoms with Crippen LogP contribution in [0.3, 0.4) is 0 Å². The van der Waals surface area contributed by atoms with Crippen molar-refractivity contribution >= 4 is 44.8 Å². The highest BCUT2D eigenvalue weighted by molar-refractivity contribution is 9.10. The summed E-state index contributed by atoms with van der Waals surface area (Å²) >= 11 is 15.5. The Morgan fingerprint density at radius 2 is 1.83 bits per heavy atom. The maximum Gasteiger partial charge on any atom is 0.138 e. The van der Waals surface area contributed by atoms with Crippen molar-refractivity contribution in [2.24, 2.45) is 0 Å². The van der Waals surface area contributed by atoms with E-state index >= 15 is 0 Å². The van der Waals surface area contributed by atoms with E-state index in [1.54, 1.807) is 18.2 Å². The summed E-state index contributed by atoms with van der Waals surface area (Å²) in [6, 6.07) is 10.8. The third-order valence-corrected chi connectivity index (χ3v) is 3.49. The van der Waals surface area contributed by atoms with E-state index in [-0.39, 0.29) is 0 Å². The van der Waals surface area contributed by atoms with Gasteiger partial charge in [-0.1, -0.05) is 45.2 Å². The lowest BCUT2D eigenvalue weighted by atomic mass is 10.2. The van der Waals surface area contributed by atoms with Crippen LogP contribution >= 0.6 is 39.1 Å². The Balaban J connectivity index is 2.11. The molecule has 5 heteroatoms. The molecule has 0 heterocycles. The molecule has 0 saturated heterocycles. The number of halogens is 3. The molecular formula is C13H10BrCl2NO. The van der Waals surface area contributed by atoms with Crippen molar-refractivity contribution in [1.29, 1.82) is 0 Å². The van der Waals surface area contributed by atoms with Crippen LogP contribution in [0.4, 0.5) is 5.69 Å². The second-order valence-corrected chi connectivity index (χ2v) is 5.44. The van der Waals surface area contributed by atoms with Crippen molar-refractivity contribution < 1.29 is 4.74 Å². The van der Waals surface area contributed by atoms with E-state index in [9.17, 15) is 0 Å². The molecule has 0 saturated carbocycles. The monoisotopic (exact) mass is 345 g/mol. The molecule has 2 N–H and O–H groups in total. The number of nitrogens with two attached hydrogens (primary N) is 1. The van der Waals surface area contributed by atoms with E-state index in [0.29, 0.717) is 28.1 Å². The molecule has 0 fully saturated rings. The van der Waals surface area contributed by atoms with Gasteiger partial charge in [0.1, 0.15) is 12.4 Å². The molecule has 0 aliphatic rings. The summed E-state index contributed by atoms with van der Waals surface area (Å²) in [5.74, 6) is 0.588. The van der Waals surface area contributed by atoms with E-state index < -0.39 is 0 Å². The van der Waals surface area contributed by atoms with Crippen LogP contribution in [0.15, 0.2) is 40.9 Å². The van der Waals surface area contributed by atoms with Gasteiger partial charge in [0, 0.05) is 20.7 Å². The maximum atomic E-state index is 6.10. The Morgan fingerprint density at radius 1 is 1.06 bits per heavy atom. The van der Waals surface area contributed by atoms with Gasteiger partial charge in [-0.3, -0.25) is 0 Å². The van der Waals surface area contributed by atoms with Crippen molar-refractivity contribution in [2.45, 2.75) is 6.61 Å². The maximum absolute atomic E-state index is 6.10. The quantitative estimate of drug-likeness (QED) is 0.801. The van der Waals surface area contributed by atoms with Crippen LogP contribution in [-0.4, -0.2) is 0 Å². The number of hydrogen-bond acceptors (Lipinski definition) is 2. The SMILES string of the molecule is Nc1ccc(OCc2ccc(Br)cc2Cl)c(Cl)c1. The number of hydrogen-bond donors (Lipinski definition) is 1. The van der Waals surface area contributed by atoms with Crippen molar-refractivity contribution in [3.05, 3.63) is 56.5 Å². The third kappa shape index (κ3) is 3.31. The average molecular weight is 347 g/mol. The molecule has 0 aliphatic heterocycles. The fourth-order valence-electron chi connectivity index (χ4n) is 1.43. The van der Waals surface area contributed by atoms with Gasteiger partial charge in [0.25, 0.3) is 0 Å². The van der Waals surface area contributed by atoms with Crippen molar-refractivity contribution in [2.75, 3.05) is 5.73 Å². The average Bonchev–Trinajstić information content (AvgIpc) is 2.30. The normalized spacial score (nSPS) is 10.4. The lowest BCUT2D eigenvalue weighted by molar-refractivity contribution is 0.306. The number of benzene rings is 2. The number of ether oxygens (including phenoxy) is 1. The zero-order chi connectivity index (χ0) is 13.1. The van der Waals surface area contributed by atoms with Gasteiger partial charge >= 0.3 is 0 Å². The highest BCUT2D eigenvalue weighted by Crippen LogP contribution is 2.28. The molecule has 2 aromatic rings. The number of rotatable bonds is 3. The largest absolute Gasteiger partial charge is 0.487 e. The standard InChI is InChI=1S/C13H10BrCl2NO/c14-9-2-1-8(11(15)5-9)7-18-13-4-3-10(17)6-12(13)16/h1-6H,7,17H2. The molecule has 0 aliphatic carbocycles. The van der Waals surface area contributed by atoms with Gasteiger partial charge in [-0.05, 0) is 30.3 Å². The molecule has 18 heavy (non-hydrogen) atoms. The van der Waals surface area contributed by atoms with E-state index in [4.69, 9.17) is 33.7 Å². The molecule has 0 unspecified atom stereocenters. The fourth-order valence-corrected chi connectivity index (χ4v) is 2.40. The highest BCUT2D eigenvalue weighted by Gasteiger charge is 2.05. The van der Waals surface area contributed by atoms with Gasteiger partial charge in [-0.15, -0.1) is 0 Å². The molecule has 0 atom stereocenters. The number of nitrogen functional groups attached to an aromatic ring is 1. The minimum absolute atomic E-state index is 0.357. The summed E-state index contributed by atoms with van der Waals surface area (Å²) < 4.78 is 6.54. The summed E-state index contributed by atoms with van der Waals surface area (Å²) in [5.41, 5.74) is 7.11. The minimum Gasteiger partial charge on any atom is -0.487 e. The van der Waals surface area contributed by atoms with E-state index in [2.05, 4.69) is 15.9 Å². The highest BCUT2D eigenvalue weighted by atomic mass is 79.9. The molecule has 2 aromatic carbocycles.